The van der Waals surface area contributed by atoms with Gasteiger partial charge in [0.1, 0.15) is 6.61 Å². The van der Waals surface area contributed by atoms with Gasteiger partial charge in [-0.1, -0.05) is 0 Å². The normalized spacial score (nSPS) is 11.5. The zero-order valence-corrected chi connectivity index (χ0v) is 8.49. The quantitative estimate of drug-likeness (QED) is 0.616. The summed E-state index contributed by atoms with van der Waals surface area (Å²) in [5.74, 6) is -0.208. The third-order valence-corrected chi connectivity index (χ3v) is 1.44. The zero-order valence-electron chi connectivity index (χ0n) is 8.49. The van der Waals surface area contributed by atoms with Crippen LogP contribution < -0.4 is 10.6 Å². The number of carbonyl (C=O) groups is 1. The third kappa shape index (κ3) is 11.1. The van der Waals surface area contributed by atoms with Crippen LogP contribution in [0.3, 0.4) is 0 Å². The molecule has 0 aromatic rings. The second-order valence-corrected chi connectivity index (χ2v) is 2.87. The minimum atomic E-state index is -4.31. The molecule has 0 heterocycles. The average molecular weight is 228 g/mol. The van der Waals surface area contributed by atoms with Gasteiger partial charge in [0.2, 0.25) is 5.91 Å². The molecule has 0 radical (unpaired) electrons. The fraction of sp³-hybridized carbons (Fsp3) is 0.875. The van der Waals surface area contributed by atoms with Crippen molar-refractivity contribution in [2.24, 2.45) is 0 Å². The molecule has 0 fully saturated rings. The van der Waals surface area contributed by atoms with Crippen LogP contribution in [-0.2, 0) is 9.53 Å². The molecule has 0 aliphatic heterocycles. The molecule has 0 bridgehead atoms. The van der Waals surface area contributed by atoms with Crippen molar-refractivity contribution in [2.75, 3.05) is 33.4 Å². The van der Waals surface area contributed by atoms with Gasteiger partial charge in [-0.25, -0.2) is 0 Å². The van der Waals surface area contributed by atoms with E-state index in [2.05, 4.69) is 15.4 Å². The first-order valence-electron chi connectivity index (χ1n) is 4.51. The Bertz CT molecular complexity index is 185. The minimum Gasteiger partial charge on any atom is -0.370 e. The molecule has 0 aromatic heterocycles. The summed E-state index contributed by atoms with van der Waals surface area (Å²) in [5, 5.41) is 5.21. The van der Waals surface area contributed by atoms with Crippen LogP contribution in [0.25, 0.3) is 0 Å². The van der Waals surface area contributed by atoms with E-state index in [1.54, 1.807) is 7.05 Å². The fourth-order valence-corrected chi connectivity index (χ4v) is 0.777. The Balaban J connectivity index is 3.27. The largest absolute Gasteiger partial charge is 0.411 e. The Hall–Kier alpha value is -0.820. The fourth-order valence-electron chi connectivity index (χ4n) is 0.777. The van der Waals surface area contributed by atoms with Gasteiger partial charge in [-0.2, -0.15) is 13.2 Å². The zero-order chi connectivity index (χ0) is 11.7. The number of nitrogens with one attached hydrogen (secondary N) is 2. The summed E-state index contributed by atoms with van der Waals surface area (Å²) in [6.45, 7) is -0.780. The lowest BCUT2D eigenvalue weighted by Gasteiger charge is -2.08. The number of amides is 1. The molecule has 0 rings (SSSR count). The molecule has 2 N–H and O–H groups in total. The Kier molecular flexibility index (Phi) is 7.06. The summed E-state index contributed by atoms with van der Waals surface area (Å²) in [4.78, 5) is 10.9. The molecule has 0 spiro atoms. The van der Waals surface area contributed by atoms with Gasteiger partial charge in [0, 0.05) is 19.5 Å². The van der Waals surface area contributed by atoms with E-state index in [-0.39, 0.29) is 19.1 Å². The summed E-state index contributed by atoms with van der Waals surface area (Å²) in [5.41, 5.74) is 0. The second-order valence-electron chi connectivity index (χ2n) is 2.87. The number of alkyl halides is 3. The summed E-state index contributed by atoms with van der Waals surface area (Å²) in [6.07, 6.45) is -4.01. The molecule has 7 heteroatoms. The van der Waals surface area contributed by atoms with Crippen LogP contribution in [0.2, 0.25) is 0 Å². The van der Waals surface area contributed by atoms with Gasteiger partial charge in [0.25, 0.3) is 0 Å². The molecule has 0 aromatic carbocycles. The summed E-state index contributed by atoms with van der Waals surface area (Å²) in [7, 11) is 1.71. The molecule has 1 amide bonds. The van der Waals surface area contributed by atoms with Gasteiger partial charge in [-0.15, -0.1) is 0 Å². The number of ether oxygens (including phenoxy) is 1. The van der Waals surface area contributed by atoms with Crippen molar-refractivity contribution in [2.45, 2.75) is 12.6 Å². The van der Waals surface area contributed by atoms with Crippen molar-refractivity contribution in [1.82, 2.24) is 10.6 Å². The third-order valence-electron chi connectivity index (χ3n) is 1.44. The van der Waals surface area contributed by atoms with Crippen LogP contribution in [0, 0.1) is 0 Å². The molecular weight excluding hydrogens is 213 g/mol. The lowest BCUT2D eigenvalue weighted by molar-refractivity contribution is -0.173. The number of carbonyl (C=O) groups excluding carboxylic acids is 1. The highest BCUT2D eigenvalue weighted by atomic mass is 19.4. The van der Waals surface area contributed by atoms with Crippen molar-refractivity contribution in [3.63, 3.8) is 0 Å². The van der Waals surface area contributed by atoms with E-state index >= 15 is 0 Å². The molecule has 15 heavy (non-hydrogen) atoms. The lowest BCUT2D eigenvalue weighted by atomic mass is 10.4. The highest BCUT2D eigenvalue weighted by Crippen LogP contribution is 2.13. The van der Waals surface area contributed by atoms with E-state index in [9.17, 15) is 18.0 Å². The van der Waals surface area contributed by atoms with Gasteiger partial charge in [0.15, 0.2) is 0 Å². The van der Waals surface area contributed by atoms with E-state index in [1.165, 1.54) is 0 Å². The Labute approximate surface area is 86.2 Å². The maximum atomic E-state index is 11.6. The van der Waals surface area contributed by atoms with Crippen LogP contribution in [-0.4, -0.2) is 45.4 Å². The average Bonchev–Trinajstić information content (AvgIpc) is 2.12. The van der Waals surface area contributed by atoms with Crippen LogP contribution in [0.15, 0.2) is 0 Å². The van der Waals surface area contributed by atoms with Crippen molar-refractivity contribution in [3.05, 3.63) is 0 Å². The maximum absolute atomic E-state index is 11.6. The van der Waals surface area contributed by atoms with Gasteiger partial charge < -0.3 is 15.4 Å². The molecular formula is C8H15F3N2O2. The molecule has 0 saturated carbocycles. The summed E-state index contributed by atoms with van der Waals surface area (Å²) in [6, 6.07) is 0. The first-order chi connectivity index (χ1) is 6.95. The SMILES string of the molecule is CNCCC(=O)NCCOCC(F)(F)F. The first kappa shape index (κ1) is 14.2. The molecule has 0 unspecified atom stereocenters. The van der Waals surface area contributed by atoms with E-state index in [0.29, 0.717) is 13.0 Å². The highest BCUT2D eigenvalue weighted by Gasteiger charge is 2.27. The molecule has 0 saturated heterocycles. The number of halogens is 3. The van der Waals surface area contributed by atoms with Crippen LogP contribution in [0.4, 0.5) is 13.2 Å². The van der Waals surface area contributed by atoms with Gasteiger partial charge >= 0.3 is 6.18 Å². The van der Waals surface area contributed by atoms with Crippen molar-refractivity contribution in [1.29, 1.82) is 0 Å². The minimum absolute atomic E-state index is 0.0959. The molecule has 90 valence electrons. The molecule has 0 atom stereocenters. The van der Waals surface area contributed by atoms with Gasteiger partial charge in [-0.3, -0.25) is 4.79 Å². The van der Waals surface area contributed by atoms with E-state index in [1.807, 2.05) is 0 Å². The number of hydrogen-bond donors (Lipinski definition) is 2. The summed E-state index contributed by atoms with van der Waals surface area (Å²) >= 11 is 0. The van der Waals surface area contributed by atoms with Crippen molar-refractivity contribution >= 4 is 5.91 Å². The van der Waals surface area contributed by atoms with Crippen molar-refractivity contribution < 1.29 is 22.7 Å². The van der Waals surface area contributed by atoms with E-state index in [4.69, 9.17) is 0 Å². The molecule has 4 nitrogen and oxygen atoms in total. The van der Waals surface area contributed by atoms with E-state index < -0.39 is 12.8 Å². The number of hydrogen-bond acceptors (Lipinski definition) is 3. The molecule has 0 aliphatic rings. The Morgan fingerprint density at radius 3 is 2.53 bits per heavy atom. The van der Waals surface area contributed by atoms with Gasteiger partial charge in [0.05, 0.1) is 6.61 Å². The first-order valence-corrected chi connectivity index (χ1v) is 4.51. The van der Waals surface area contributed by atoms with Crippen LogP contribution in [0.5, 0.6) is 0 Å². The number of rotatable bonds is 7. The standard InChI is InChI=1S/C8H15F3N2O2/c1-12-3-2-7(14)13-4-5-15-6-8(9,10)11/h12H,2-6H2,1H3,(H,13,14). The smallest absolute Gasteiger partial charge is 0.370 e. The van der Waals surface area contributed by atoms with E-state index in [0.717, 1.165) is 0 Å². The van der Waals surface area contributed by atoms with Gasteiger partial charge in [-0.05, 0) is 7.05 Å². The Morgan fingerprint density at radius 1 is 1.33 bits per heavy atom. The van der Waals surface area contributed by atoms with Crippen LogP contribution >= 0.6 is 0 Å². The highest BCUT2D eigenvalue weighted by molar-refractivity contribution is 5.75. The van der Waals surface area contributed by atoms with Crippen LogP contribution in [0.1, 0.15) is 6.42 Å². The monoisotopic (exact) mass is 228 g/mol. The summed E-state index contributed by atoms with van der Waals surface area (Å²) < 4.78 is 39.1. The topological polar surface area (TPSA) is 50.4 Å². The van der Waals surface area contributed by atoms with Crippen molar-refractivity contribution in [3.8, 4) is 0 Å². The molecule has 0 aliphatic carbocycles. The second kappa shape index (κ2) is 7.47. The predicted molar refractivity (Wildman–Crippen MR) is 48.4 cm³/mol. The maximum Gasteiger partial charge on any atom is 0.411 e. The predicted octanol–water partition coefficient (Wildman–Crippen LogP) is 0.291. The Morgan fingerprint density at radius 2 is 2.00 bits per heavy atom. The lowest BCUT2D eigenvalue weighted by Crippen LogP contribution is -2.30.